The topological polar surface area (TPSA) is 37.4 Å². The second-order valence-electron chi connectivity index (χ2n) is 5.87. The second kappa shape index (κ2) is 6.69. The predicted molar refractivity (Wildman–Crippen MR) is 92.0 cm³/mol. The molecule has 2 aliphatic rings. The molecule has 1 aromatic carbocycles. The third-order valence-electron chi connectivity index (χ3n) is 4.47. The lowest BCUT2D eigenvalue weighted by atomic mass is 9.83. The van der Waals surface area contributed by atoms with Crippen molar-refractivity contribution in [3.05, 3.63) is 53.0 Å². The van der Waals surface area contributed by atoms with Crippen LogP contribution in [-0.2, 0) is 10.0 Å². The molecular formula is C17H20BrNO2S. The maximum absolute atomic E-state index is 12.7. The average Bonchev–Trinajstić information content (AvgIpc) is 2.56. The molecule has 118 valence electrons. The summed E-state index contributed by atoms with van der Waals surface area (Å²) in [7, 11) is -3.37. The number of halogens is 1. The Morgan fingerprint density at radius 1 is 1.09 bits per heavy atom. The van der Waals surface area contributed by atoms with Gasteiger partial charge < -0.3 is 0 Å². The maximum Gasteiger partial charge on any atom is 0.243 e. The van der Waals surface area contributed by atoms with Crippen molar-refractivity contribution in [2.75, 3.05) is 13.1 Å². The molecule has 5 heteroatoms. The van der Waals surface area contributed by atoms with E-state index in [1.807, 2.05) is 6.07 Å². The summed E-state index contributed by atoms with van der Waals surface area (Å²) in [6.07, 6.45) is 11.8. The van der Waals surface area contributed by atoms with E-state index in [0.717, 1.165) is 23.7 Å². The van der Waals surface area contributed by atoms with Gasteiger partial charge in [0.25, 0.3) is 0 Å². The van der Waals surface area contributed by atoms with E-state index in [1.165, 1.54) is 0 Å². The molecule has 0 unspecified atom stereocenters. The summed E-state index contributed by atoms with van der Waals surface area (Å²) in [6, 6.07) is 6.95. The van der Waals surface area contributed by atoms with Crippen LogP contribution in [0.3, 0.4) is 0 Å². The Labute approximate surface area is 140 Å². The van der Waals surface area contributed by atoms with Gasteiger partial charge in [0.05, 0.1) is 4.90 Å². The molecule has 0 saturated carbocycles. The van der Waals surface area contributed by atoms with Crippen molar-refractivity contribution < 1.29 is 8.42 Å². The Hall–Kier alpha value is -0.910. The molecule has 1 heterocycles. The first-order chi connectivity index (χ1) is 10.6. The van der Waals surface area contributed by atoms with Crippen LogP contribution in [0.2, 0.25) is 0 Å². The van der Waals surface area contributed by atoms with E-state index >= 15 is 0 Å². The number of benzene rings is 1. The summed E-state index contributed by atoms with van der Waals surface area (Å²) in [4.78, 5) is 0.373. The minimum atomic E-state index is -3.37. The number of sulfonamides is 1. The molecular weight excluding hydrogens is 362 g/mol. The lowest BCUT2D eigenvalue weighted by Gasteiger charge is -2.34. The third-order valence-corrected chi connectivity index (χ3v) is 6.85. The normalized spacial score (nSPS) is 21.3. The summed E-state index contributed by atoms with van der Waals surface area (Å²) < 4.78 is 27.8. The van der Waals surface area contributed by atoms with Crippen molar-refractivity contribution in [1.82, 2.24) is 4.31 Å². The molecule has 1 saturated heterocycles. The molecule has 1 aromatic rings. The monoisotopic (exact) mass is 381 g/mol. The van der Waals surface area contributed by atoms with E-state index in [4.69, 9.17) is 0 Å². The van der Waals surface area contributed by atoms with Gasteiger partial charge in [0, 0.05) is 17.6 Å². The van der Waals surface area contributed by atoms with Gasteiger partial charge in [-0.25, -0.2) is 8.42 Å². The van der Waals surface area contributed by atoms with Crippen LogP contribution in [0, 0.1) is 11.8 Å². The van der Waals surface area contributed by atoms with Crippen molar-refractivity contribution >= 4 is 26.0 Å². The summed E-state index contributed by atoms with van der Waals surface area (Å²) in [5.41, 5.74) is 0. The molecule has 0 spiro atoms. The summed E-state index contributed by atoms with van der Waals surface area (Å²) in [5, 5.41) is 0. The molecule has 0 radical (unpaired) electrons. The van der Waals surface area contributed by atoms with E-state index in [-0.39, 0.29) is 0 Å². The largest absolute Gasteiger partial charge is 0.243 e. The zero-order valence-electron chi connectivity index (χ0n) is 12.4. The predicted octanol–water partition coefficient (Wildman–Crippen LogP) is 3.98. The quantitative estimate of drug-likeness (QED) is 0.742. The maximum atomic E-state index is 12.7. The van der Waals surface area contributed by atoms with Crippen molar-refractivity contribution in [1.29, 1.82) is 0 Å². The number of hydrogen-bond acceptors (Lipinski definition) is 2. The van der Waals surface area contributed by atoms with Crippen LogP contribution in [0.25, 0.3) is 0 Å². The molecule has 22 heavy (non-hydrogen) atoms. The lowest BCUT2D eigenvalue weighted by Crippen LogP contribution is -2.39. The number of rotatable bonds is 3. The van der Waals surface area contributed by atoms with Gasteiger partial charge in [-0.05, 0) is 49.3 Å². The highest BCUT2D eigenvalue weighted by Crippen LogP contribution is 2.31. The zero-order valence-corrected chi connectivity index (χ0v) is 14.8. The molecule has 0 aromatic heterocycles. The van der Waals surface area contributed by atoms with Gasteiger partial charge in [0.1, 0.15) is 0 Å². The van der Waals surface area contributed by atoms with Gasteiger partial charge in [-0.15, -0.1) is 0 Å². The number of nitrogens with zero attached hydrogens (tertiary/aromatic N) is 1. The van der Waals surface area contributed by atoms with Crippen LogP contribution < -0.4 is 0 Å². The third kappa shape index (κ3) is 3.36. The highest BCUT2D eigenvalue weighted by atomic mass is 79.9. The second-order valence-corrected chi connectivity index (χ2v) is 8.72. The summed E-state index contributed by atoms with van der Waals surface area (Å²) in [6.45, 7) is 1.22. The first-order valence-electron chi connectivity index (χ1n) is 7.66. The highest BCUT2D eigenvalue weighted by Gasteiger charge is 2.31. The zero-order chi connectivity index (χ0) is 15.6. The van der Waals surface area contributed by atoms with Gasteiger partial charge in [0.2, 0.25) is 10.0 Å². The molecule has 3 rings (SSSR count). The first kappa shape index (κ1) is 16.0. The smallest absolute Gasteiger partial charge is 0.207 e. The first-order valence-corrected chi connectivity index (χ1v) is 9.90. The molecule has 0 atom stereocenters. The van der Waals surface area contributed by atoms with Gasteiger partial charge >= 0.3 is 0 Å². The van der Waals surface area contributed by atoms with Crippen LogP contribution in [0.1, 0.15) is 19.3 Å². The Morgan fingerprint density at radius 2 is 1.77 bits per heavy atom. The van der Waals surface area contributed by atoms with E-state index in [2.05, 4.69) is 40.2 Å². The van der Waals surface area contributed by atoms with Crippen LogP contribution in [-0.4, -0.2) is 25.8 Å². The highest BCUT2D eigenvalue weighted by molar-refractivity contribution is 9.10. The molecule has 1 aliphatic carbocycles. The van der Waals surface area contributed by atoms with E-state index < -0.39 is 10.0 Å². The van der Waals surface area contributed by atoms with E-state index in [0.29, 0.717) is 29.8 Å². The fourth-order valence-electron chi connectivity index (χ4n) is 3.21. The fourth-order valence-corrected chi connectivity index (χ4v) is 5.27. The average molecular weight is 382 g/mol. The van der Waals surface area contributed by atoms with Crippen molar-refractivity contribution in [3.8, 4) is 0 Å². The van der Waals surface area contributed by atoms with Crippen LogP contribution in [0.15, 0.2) is 57.9 Å². The van der Waals surface area contributed by atoms with Gasteiger partial charge in [0.15, 0.2) is 0 Å². The Kier molecular flexibility index (Phi) is 4.85. The van der Waals surface area contributed by atoms with E-state index in [9.17, 15) is 8.42 Å². The van der Waals surface area contributed by atoms with Crippen LogP contribution in [0.4, 0.5) is 0 Å². The molecule has 0 amide bonds. The number of hydrogen-bond donors (Lipinski definition) is 0. The van der Waals surface area contributed by atoms with E-state index in [1.54, 1.807) is 22.5 Å². The fraction of sp³-hybridized carbons (Fsp3) is 0.412. The van der Waals surface area contributed by atoms with Crippen LogP contribution in [0.5, 0.6) is 0 Å². The Bertz CT molecular complexity index is 676. The molecule has 1 aliphatic heterocycles. The minimum Gasteiger partial charge on any atom is -0.207 e. The standard InChI is InChI=1S/C17H20BrNO2S/c18-16-7-4-8-17(13-16)22(20,21)19-11-9-15(10-12-19)14-5-2-1-3-6-14/h2-8,13-15H,1,9-12H2. The van der Waals surface area contributed by atoms with Crippen molar-refractivity contribution in [2.24, 2.45) is 11.8 Å². The minimum absolute atomic E-state index is 0.373. The van der Waals surface area contributed by atoms with Crippen LogP contribution >= 0.6 is 15.9 Å². The van der Waals surface area contributed by atoms with Crippen molar-refractivity contribution in [2.45, 2.75) is 24.2 Å². The number of allylic oxidation sites excluding steroid dienone is 4. The number of piperidine rings is 1. The van der Waals surface area contributed by atoms with Crippen molar-refractivity contribution in [3.63, 3.8) is 0 Å². The molecule has 0 N–H and O–H groups in total. The van der Waals surface area contributed by atoms with Gasteiger partial charge in [-0.2, -0.15) is 4.31 Å². The lowest BCUT2D eigenvalue weighted by molar-refractivity contribution is 0.250. The Morgan fingerprint density at radius 3 is 2.41 bits per heavy atom. The molecule has 1 fully saturated rings. The molecule has 0 bridgehead atoms. The SMILES string of the molecule is O=S(=O)(c1cccc(Br)c1)N1CCC(C2C=CCC=C2)CC1. The summed E-state index contributed by atoms with van der Waals surface area (Å²) >= 11 is 3.34. The summed E-state index contributed by atoms with van der Waals surface area (Å²) in [5.74, 6) is 1.03. The molecule has 3 nitrogen and oxygen atoms in total. The van der Waals surface area contributed by atoms with Gasteiger partial charge in [-0.3, -0.25) is 0 Å². The van der Waals surface area contributed by atoms with Gasteiger partial charge in [-0.1, -0.05) is 46.3 Å². The Balaban J connectivity index is 1.69.